The number of hydrogen-bond donors (Lipinski definition) is 1. The highest BCUT2D eigenvalue weighted by Crippen LogP contribution is 2.25. The van der Waals surface area contributed by atoms with Crippen molar-refractivity contribution in [3.63, 3.8) is 0 Å². The first kappa shape index (κ1) is 13.2. The molecule has 1 aromatic carbocycles. The largest absolute Gasteiger partial charge is 0.439 e. The minimum atomic E-state index is -0.445. The van der Waals surface area contributed by atoms with Crippen molar-refractivity contribution < 1.29 is 9.53 Å². The Labute approximate surface area is 119 Å². The Morgan fingerprint density at radius 3 is 2.75 bits per heavy atom. The summed E-state index contributed by atoms with van der Waals surface area (Å²) >= 11 is 0. The molecule has 4 heteroatoms. The maximum atomic E-state index is 12.1. The van der Waals surface area contributed by atoms with Gasteiger partial charge < -0.3 is 15.0 Å². The zero-order valence-corrected chi connectivity index (χ0v) is 11.3. The van der Waals surface area contributed by atoms with Crippen molar-refractivity contribution in [2.45, 2.75) is 18.9 Å². The van der Waals surface area contributed by atoms with Crippen molar-refractivity contribution >= 4 is 11.7 Å². The average Bonchev–Trinajstić information content (AvgIpc) is 3.03. The third-order valence-corrected chi connectivity index (χ3v) is 3.63. The molecule has 2 aliphatic heterocycles. The summed E-state index contributed by atoms with van der Waals surface area (Å²) in [4.78, 5) is 13.9. The van der Waals surface area contributed by atoms with Crippen LogP contribution in [0, 0.1) is 6.54 Å². The summed E-state index contributed by atoms with van der Waals surface area (Å²) in [6.45, 7) is 5.33. The molecule has 1 fully saturated rings. The van der Waals surface area contributed by atoms with Gasteiger partial charge in [-0.25, -0.2) is 4.79 Å². The van der Waals surface area contributed by atoms with Crippen LogP contribution in [0.3, 0.4) is 0 Å². The molecule has 1 aromatic rings. The fourth-order valence-corrected chi connectivity index (χ4v) is 2.57. The second-order valence-electron chi connectivity index (χ2n) is 5.01. The molecule has 0 saturated carbocycles. The molecule has 2 aliphatic rings. The lowest BCUT2D eigenvalue weighted by atomic mass is 9.98. The molecule has 1 saturated heterocycles. The summed E-state index contributed by atoms with van der Waals surface area (Å²) in [5.74, 6) is 0. The first-order valence-electron chi connectivity index (χ1n) is 7.04. The van der Waals surface area contributed by atoms with Crippen LogP contribution in [0.1, 0.15) is 18.4 Å². The molecule has 1 N–H and O–H groups in total. The SMILES string of the molecule is O=C(OC1[C]NCC=C1c1ccccc1)N1CCCC1. The summed E-state index contributed by atoms with van der Waals surface area (Å²) < 4.78 is 5.59. The van der Waals surface area contributed by atoms with Crippen molar-refractivity contribution in [1.29, 1.82) is 0 Å². The molecule has 20 heavy (non-hydrogen) atoms. The van der Waals surface area contributed by atoms with Crippen LogP contribution in [0.15, 0.2) is 36.4 Å². The van der Waals surface area contributed by atoms with Gasteiger partial charge in [0, 0.05) is 19.6 Å². The Morgan fingerprint density at radius 2 is 2.00 bits per heavy atom. The van der Waals surface area contributed by atoms with Gasteiger partial charge in [0.05, 0.1) is 0 Å². The van der Waals surface area contributed by atoms with E-state index in [1.54, 1.807) is 4.90 Å². The second kappa shape index (κ2) is 6.09. The van der Waals surface area contributed by atoms with Crippen LogP contribution in [0.2, 0.25) is 0 Å². The van der Waals surface area contributed by atoms with E-state index in [9.17, 15) is 4.79 Å². The normalized spacial score (nSPS) is 22.5. The first-order valence-corrected chi connectivity index (χ1v) is 7.04. The van der Waals surface area contributed by atoms with Crippen molar-refractivity contribution in [3.8, 4) is 0 Å². The van der Waals surface area contributed by atoms with E-state index >= 15 is 0 Å². The third kappa shape index (κ3) is 2.85. The summed E-state index contributed by atoms with van der Waals surface area (Å²) in [5, 5.41) is 3.01. The monoisotopic (exact) mass is 270 g/mol. The van der Waals surface area contributed by atoms with Crippen LogP contribution in [-0.2, 0) is 4.74 Å². The lowest BCUT2D eigenvalue weighted by Gasteiger charge is -2.26. The number of hydrogen-bond acceptors (Lipinski definition) is 3. The minimum Gasteiger partial charge on any atom is -0.439 e. The number of carbonyl (C=O) groups excluding carboxylic acids is 1. The highest BCUT2D eigenvalue weighted by molar-refractivity contribution is 5.75. The number of carbonyl (C=O) groups is 1. The van der Waals surface area contributed by atoms with Crippen LogP contribution in [0.5, 0.6) is 0 Å². The number of nitrogens with zero attached hydrogens (tertiary/aromatic N) is 1. The lowest BCUT2D eigenvalue weighted by Crippen LogP contribution is -2.36. The zero-order chi connectivity index (χ0) is 13.8. The fraction of sp³-hybridized carbons (Fsp3) is 0.375. The predicted molar refractivity (Wildman–Crippen MR) is 76.7 cm³/mol. The smallest absolute Gasteiger partial charge is 0.410 e. The number of benzene rings is 1. The van der Waals surface area contributed by atoms with Gasteiger partial charge in [-0.3, -0.25) is 0 Å². The van der Waals surface area contributed by atoms with E-state index in [0.717, 1.165) is 37.1 Å². The van der Waals surface area contributed by atoms with Gasteiger partial charge in [0.1, 0.15) is 6.54 Å². The van der Waals surface area contributed by atoms with E-state index in [1.807, 2.05) is 36.4 Å². The number of amides is 1. The molecule has 1 atom stereocenters. The Kier molecular flexibility index (Phi) is 4.02. The van der Waals surface area contributed by atoms with Crippen molar-refractivity contribution in [3.05, 3.63) is 48.5 Å². The molecule has 4 nitrogen and oxygen atoms in total. The van der Waals surface area contributed by atoms with E-state index in [-0.39, 0.29) is 6.09 Å². The van der Waals surface area contributed by atoms with E-state index in [0.29, 0.717) is 6.54 Å². The Morgan fingerprint density at radius 1 is 1.25 bits per heavy atom. The third-order valence-electron chi connectivity index (χ3n) is 3.63. The van der Waals surface area contributed by atoms with Crippen molar-refractivity contribution in [1.82, 2.24) is 10.2 Å². The quantitative estimate of drug-likeness (QED) is 0.896. The second-order valence-corrected chi connectivity index (χ2v) is 5.01. The highest BCUT2D eigenvalue weighted by atomic mass is 16.6. The minimum absolute atomic E-state index is 0.245. The Bertz CT molecular complexity index is 492. The van der Waals surface area contributed by atoms with Crippen molar-refractivity contribution in [2.24, 2.45) is 0 Å². The standard InChI is InChI=1S/C16H18N2O2/c19-16(18-10-4-5-11-18)20-15-12-17-9-8-14(15)13-6-2-1-3-7-13/h1-3,6-8,15,17H,4-5,9-11H2. The molecule has 1 amide bonds. The van der Waals surface area contributed by atoms with Gasteiger partial charge in [0.15, 0.2) is 6.10 Å². The fourth-order valence-electron chi connectivity index (χ4n) is 2.57. The number of rotatable bonds is 2. The van der Waals surface area contributed by atoms with Gasteiger partial charge >= 0.3 is 6.09 Å². The highest BCUT2D eigenvalue weighted by Gasteiger charge is 2.27. The summed E-state index contributed by atoms with van der Waals surface area (Å²) in [6.07, 6.45) is 3.48. The molecule has 0 spiro atoms. The average molecular weight is 270 g/mol. The topological polar surface area (TPSA) is 41.6 Å². The Hall–Kier alpha value is -1.81. The molecular weight excluding hydrogens is 252 g/mol. The first-order chi connectivity index (χ1) is 9.84. The molecule has 0 aromatic heterocycles. The van der Waals surface area contributed by atoms with E-state index in [1.165, 1.54) is 0 Å². The van der Waals surface area contributed by atoms with Crippen LogP contribution in [0.25, 0.3) is 5.57 Å². The van der Waals surface area contributed by atoms with Gasteiger partial charge in [0.25, 0.3) is 0 Å². The van der Waals surface area contributed by atoms with E-state index in [4.69, 9.17) is 4.74 Å². The molecule has 104 valence electrons. The molecule has 3 rings (SSSR count). The zero-order valence-electron chi connectivity index (χ0n) is 11.3. The molecule has 2 heterocycles. The van der Waals surface area contributed by atoms with Crippen LogP contribution in [0.4, 0.5) is 4.79 Å². The van der Waals surface area contributed by atoms with E-state index < -0.39 is 6.10 Å². The van der Waals surface area contributed by atoms with Gasteiger partial charge in [-0.2, -0.15) is 0 Å². The maximum absolute atomic E-state index is 12.1. The molecule has 1 unspecified atom stereocenters. The predicted octanol–water partition coefficient (Wildman–Crippen LogP) is 2.31. The van der Waals surface area contributed by atoms with Gasteiger partial charge in [-0.1, -0.05) is 36.4 Å². The molecular formula is C16H18N2O2. The lowest BCUT2D eigenvalue weighted by molar-refractivity contribution is 0.0972. The van der Waals surface area contributed by atoms with Gasteiger partial charge in [-0.15, -0.1) is 0 Å². The molecule has 0 bridgehead atoms. The summed E-state index contributed by atoms with van der Waals surface area (Å²) in [5.41, 5.74) is 2.07. The van der Waals surface area contributed by atoms with Gasteiger partial charge in [-0.05, 0) is 24.0 Å². The number of ether oxygens (including phenoxy) is 1. The van der Waals surface area contributed by atoms with Crippen molar-refractivity contribution in [2.75, 3.05) is 19.6 Å². The molecule has 0 aliphatic carbocycles. The van der Waals surface area contributed by atoms with Crippen LogP contribution in [-0.4, -0.2) is 36.7 Å². The summed E-state index contributed by atoms with van der Waals surface area (Å²) in [7, 11) is 0. The number of likely N-dealkylation sites (tertiary alicyclic amines) is 1. The Balaban J connectivity index is 1.72. The van der Waals surface area contributed by atoms with Gasteiger partial charge in [0.2, 0.25) is 0 Å². The van der Waals surface area contributed by atoms with Crippen LogP contribution >= 0.6 is 0 Å². The number of nitrogens with one attached hydrogen (secondary N) is 1. The molecule has 2 radical (unpaired) electrons. The van der Waals surface area contributed by atoms with Crippen LogP contribution < -0.4 is 5.32 Å². The summed E-state index contributed by atoms with van der Waals surface area (Å²) in [6, 6.07) is 9.99. The van der Waals surface area contributed by atoms with E-state index in [2.05, 4.69) is 11.9 Å². The maximum Gasteiger partial charge on any atom is 0.410 e.